The molecule has 6 nitrogen and oxygen atoms in total. The first-order valence-electron chi connectivity index (χ1n) is 8.29. The van der Waals surface area contributed by atoms with Crippen molar-refractivity contribution in [3.05, 3.63) is 29.8 Å². The van der Waals surface area contributed by atoms with E-state index in [9.17, 15) is 9.59 Å². The topological polar surface area (TPSA) is 61.9 Å². The third-order valence-corrected chi connectivity index (χ3v) is 4.36. The molecule has 1 aliphatic rings. The van der Waals surface area contributed by atoms with Crippen LogP contribution in [0.15, 0.2) is 24.3 Å². The first-order valence-corrected chi connectivity index (χ1v) is 8.29. The molecule has 2 rings (SSSR count). The standard InChI is InChI=1S/C18H27N3O3/c1-13-12-20(3)8-9-21(13)18(23)17(19-14(2)22)11-15-6-5-7-16(10-15)24-4/h5-7,10,13,17H,8-9,11-12H2,1-4H3,(H,19,22)/t13-,17-/m1/s1. The second-order valence-corrected chi connectivity index (χ2v) is 6.45. The molecule has 1 aromatic carbocycles. The Bertz CT molecular complexity index is 591. The first-order chi connectivity index (χ1) is 11.4. The van der Waals surface area contributed by atoms with Gasteiger partial charge in [-0.2, -0.15) is 0 Å². The van der Waals surface area contributed by atoms with Crippen LogP contribution in [-0.2, 0) is 16.0 Å². The van der Waals surface area contributed by atoms with Gasteiger partial charge in [-0.25, -0.2) is 0 Å². The summed E-state index contributed by atoms with van der Waals surface area (Å²) in [7, 11) is 3.67. The molecule has 1 aromatic rings. The maximum Gasteiger partial charge on any atom is 0.245 e. The minimum Gasteiger partial charge on any atom is -0.497 e. The zero-order valence-electron chi connectivity index (χ0n) is 14.9. The van der Waals surface area contributed by atoms with Gasteiger partial charge in [0.2, 0.25) is 11.8 Å². The van der Waals surface area contributed by atoms with Gasteiger partial charge in [-0.05, 0) is 31.7 Å². The average molecular weight is 333 g/mol. The van der Waals surface area contributed by atoms with Crippen LogP contribution in [-0.4, -0.2) is 67.5 Å². The van der Waals surface area contributed by atoms with Gasteiger partial charge in [-0.3, -0.25) is 9.59 Å². The Morgan fingerprint density at radius 2 is 2.12 bits per heavy atom. The van der Waals surface area contributed by atoms with E-state index in [4.69, 9.17) is 4.74 Å². The second kappa shape index (κ2) is 8.15. The fraction of sp³-hybridized carbons (Fsp3) is 0.556. The summed E-state index contributed by atoms with van der Waals surface area (Å²) in [6.45, 7) is 5.87. The Labute approximate surface area is 143 Å². The Kier molecular flexibility index (Phi) is 6.20. The number of carbonyl (C=O) groups is 2. The summed E-state index contributed by atoms with van der Waals surface area (Å²) >= 11 is 0. The summed E-state index contributed by atoms with van der Waals surface area (Å²) in [5.41, 5.74) is 0.961. The van der Waals surface area contributed by atoms with Crippen LogP contribution in [0.4, 0.5) is 0 Å². The number of nitrogens with zero attached hydrogens (tertiary/aromatic N) is 2. The number of nitrogens with one attached hydrogen (secondary N) is 1. The molecule has 132 valence electrons. The number of amides is 2. The zero-order chi connectivity index (χ0) is 17.7. The molecule has 0 spiro atoms. The molecule has 24 heavy (non-hydrogen) atoms. The van der Waals surface area contributed by atoms with Crippen molar-refractivity contribution < 1.29 is 14.3 Å². The Balaban J connectivity index is 2.14. The van der Waals surface area contributed by atoms with E-state index in [1.807, 2.05) is 36.1 Å². The molecule has 6 heteroatoms. The number of likely N-dealkylation sites (N-methyl/N-ethyl adjacent to an activating group) is 1. The summed E-state index contributed by atoms with van der Waals surface area (Å²) in [5, 5.41) is 2.81. The largest absolute Gasteiger partial charge is 0.497 e. The van der Waals surface area contributed by atoms with E-state index < -0.39 is 6.04 Å². The molecular formula is C18H27N3O3. The van der Waals surface area contributed by atoms with E-state index in [-0.39, 0.29) is 17.9 Å². The Morgan fingerprint density at radius 3 is 2.75 bits per heavy atom. The van der Waals surface area contributed by atoms with Crippen molar-refractivity contribution in [3.63, 3.8) is 0 Å². The number of methoxy groups -OCH3 is 1. The molecule has 1 heterocycles. The number of ether oxygens (including phenoxy) is 1. The van der Waals surface area contributed by atoms with Crippen LogP contribution in [0.5, 0.6) is 5.75 Å². The third kappa shape index (κ3) is 4.71. The first kappa shape index (κ1) is 18.3. The smallest absolute Gasteiger partial charge is 0.245 e. The summed E-state index contributed by atoms with van der Waals surface area (Å²) in [6.07, 6.45) is 0.453. The SMILES string of the molecule is COc1cccc(C[C@@H](NC(C)=O)C(=O)N2CCN(C)C[C@H]2C)c1. The molecule has 0 aliphatic carbocycles. The average Bonchev–Trinajstić information content (AvgIpc) is 2.53. The van der Waals surface area contributed by atoms with Crippen LogP contribution < -0.4 is 10.1 Å². The Morgan fingerprint density at radius 1 is 1.38 bits per heavy atom. The van der Waals surface area contributed by atoms with E-state index in [2.05, 4.69) is 17.3 Å². The molecule has 0 aromatic heterocycles. The van der Waals surface area contributed by atoms with Gasteiger partial charge in [0.1, 0.15) is 11.8 Å². The van der Waals surface area contributed by atoms with Crippen molar-refractivity contribution in [2.75, 3.05) is 33.8 Å². The molecule has 1 aliphatic heterocycles. The highest BCUT2D eigenvalue weighted by molar-refractivity contribution is 5.87. The summed E-state index contributed by atoms with van der Waals surface area (Å²) in [6, 6.07) is 7.18. The number of hydrogen-bond donors (Lipinski definition) is 1. The van der Waals surface area contributed by atoms with Gasteiger partial charge in [0.05, 0.1) is 7.11 Å². The van der Waals surface area contributed by atoms with Gasteiger partial charge in [0.25, 0.3) is 0 Å². The van der Waals surface area contributed by atoms with Gasteiger partial charge in [0, 0.05) is 39.0 Å². The molecular weight excluding hydrogens is 306 g/mol. The monoisotopic (exact) mass is 333 g/mol. The van der Waals surface area contributed by atoms with E-state index in [0.29, 0.717) is 13.0 Å². The molecule has 1 saturated heterocycles. The lowest BCUT2D eigenvalue weighted by atomic mass is 10.0. The Hall–Kier alpha value is -2.08. The fourth-order valence-corrected chi connectivity index (χ4v) is 3.15. The normalized spacial score (nSPS) is 19.7. The van der Waals surface area contributed by atoms with Crippen molar-refractivity contribution in [1.29, 1.82) is 0 Å². The molecule has 0 bridgehead atoms. The van der Waals surface area contributed by atoms with E-state index in [1.54, 1.807) is 7.11 Å². The number of rotatable bonds is 5. The predicted molar refractivity (Wildman–Crippen MR) is 93.0 cm³/mol. The highest BCUT2D eigenvalue weighted by Crippen LogP contribution is 2.16. The van der Waals surface area contributed by atoms with E-state index in [1.165, 1.54) is 6.92 Å². The van der Waals surface area contributed by atoms with Gasteiger partial charge < -0.3 is 19.9 Å². The summed E-state index contributed by atoms with van der Waals surface area (Å²) < 4.78 is 5.23. The van der Waals surface area contributed by atoms with Crippen LogP contribution in [0.25, 0.3) is 0 Å². The third-order valence-electron chi connectivity index (χ3n) is 4.36. The number of hydrogen-bond acceptors (Lipinski definition) is 4. The van der Waals surface area contributed by atoms with Crippen molar-refractivity contribution in [1.82, 2.24) is 15.1 Å². The summed E-state index contributed by atoms with van der Waals surface area (Å²) in [4.78, 5) is 28.6. The minimum absolute atomic E-state index is 0.0198. The zero-order valence-corrected chi connectivity index (χ0v) is 14.9. The van der Waals surface area contributed by atoms with Crippen molar-refractivity contribution in [2.24, 2.45) is 0 Å². The lowest BCUT2D eigenvalue weighted by molar-refractivity contribution is -0.139. The van der Waals surface area contributed by atoms with Crippen molar-refractivity contribution in [3.8, 4) is 5.75 Å². The maximum atomic E-state index is 13.0. The molecule has 1 fully saturated rings. The molecule has 2 amide bonds. The van der Waals surface area contributed by atoms with Crippen molar-refractivity contribution in [2.45, 2.75) is 32.4 Å². The molecule has 1 N–H and O–H groups in total. The quantitative estimate of drug-likeness (QED) is 0.870. The maximum absolute atomic E-state index is 13.0. The van der Waals surface area contributed by atoms with Crippen molar-refractivity contribution >= 4 is 11.8 Å². The minimum atomic E-state index is -0.555. The lowest BCUT2D eigenvalue weighted by Gasteiger charge is -2.40. The highest BCUT2D eigenvalue weighted by Gasteiger charge is 2.31. The van der Waals surface area contributed by atoms with Crippen LogP contribution in [0.3, 0.4) is 0 Å². The van der Waals surface area contributed by atoms with Gasteiger partial charge in [0.15, 0.2) is 0 Å². The highest BCUT2D eigenvalue weighted by atomic mass is 16.5. The van der Waals surface area contributed by atoms with Crippen LogP contribution >= 0.6 is 0 Å². The number of piperazine rings is 1. The number of benzene rings is 1. The molecule has 0 radical (unpaired) electrons. The van der Waals surface area contributed by atoms with Gasteiger partial charge in [-0.15, -0.1) is 0 Å². The fourth-order valence-electron chi connectivity index (χ4n) is 3.15. The number of carbonyl (C=O) groups excluding carboxylic acids is 2. The van der Waals surface area contributed by atoms with Crippen LogP contribution in [0.2, 0.25) is 0 Å². The summed E-state index contributed by atoms with van der Waals surface area (Å²) in [5.74, 6) is 0.529. The molecule has 0 saturated carbocycles. The van der Waals surface area contributed by atoms with Crippen LogP contribution in [0, 0.1) is 0 Å². The lowest BCUT2D eigenvalue weighted by Crippen LogP contribution is -2.58. The van der Waals surface area contributed by atoms with Crippen LogP contribution in [0.1, 0.15) is 19.4 Å². The van der Waals surface area contributed by atoms with E-state index in [0.717, 1.165) is 24.4 Å². The second-order valence-electron chi connectivity index (χ2n) is 6.45. The molecule has 2 atom stereocenters. The predicted octanol–water partition coefficient (Wildman–Crippen LogP) is 0.905. The van der Waals surface area contributed by atoms with E-state index >= 15 is 0 Å². The van der Waals surface area contributed by atoms with Gasteiger partial charge >= 0.3 is 0 Å². The van der Waals surface area contributed by atoms with Gasteiger partial charge in [-0.1, -0.05) is 12.1 Å². The molecule has 0 unspecified atom stereocenters.